The summed E-state index contributed by atoms with van der Waals surface area (Å²) in [5, 5.41) is 0.0356. The predicted octanol–water partition coefficient (Wildman–Crippen LogP) is 3.37. The number of nitrogens with zero attached hydrogens (tertiary/aromatic N) is 2. The fourth-order valence-corrected chi connectivity index (χ4v) is 1.93. The first kappa shape index (κ1) is 12.6. The molecular weight excluding hydrogens is 255 g/mol. The monoisotopic (exact) mass is 264 g/mol. The van der Waals surface area contributed by atoms with Crippen LogP contribution >= 0.6 is 11.6 Å². The van der Waals surface area contributed by atoms with Gasteiger partial charge in [-0.3, -0.25) is 4.79 Å². The Morgan fingerprint density at radius 2 is 2.00 bits per heavy atom. The van der Waals surface area contributed by atoms with Gasteiger partial charge in [0.1, 0.15) is 16.8 Å². The molecule has 1 aromatic heterocycles. The Morgan fingerprint density at radius 1 is 1.28 bits per heavy atom. The van der Waals surface area contributed by atoms with Crippen molar-refractivity contribution >= 4 is 17.9 Å². The maximum absolute atomic E-state index is 13.8. The van der Waals surface area contributed by atoms with Gasteiger partial charge in [0.25, 0.3) is 0 Å². The van der Waals surface area contributed by atoms with Crippen molar-refractivity contribution in [3.05, 3.63) is 46.1 Å². The van der Waals surface area contributed by atoms with Gasteiger partial charge in [0.15, 0.2) is 6.29 Å². The van der Waals surface area contributed by atoms with E-state index in [1.165, 1.54) is 6.07 Å². The summed E-state index contributed by atoms with van der Waals surface area (Å²) < 4.78 is 13.8. The molecule has 2 rings (SSSR count). The summed E-state index contributed by atoms with van der Waals surface area (Å²) >= 11 is 5.87. The molecule has 0 radical (unpaired) electrons. The largest absolute Gasteiger partial charge is 0.298 e. The molecule has 0 unspecified atom stereocenters. The van der Waals surface area contributed by atoms with Crippen molar-refractivity contribution in [3.8, 4) is 11.3 Å². The molecule has 0 N–H and O–H groups in total. The van der Waals surface area contributed by atoms with Crippen LogP contribution in [0.15, 0.2) is 18.2 Å². The number of rotatable bonds is 2. The van der Waals surface area contributed by atoms with Crippen LogP contribution in [0.3, 0.4) is 0 Å². The summed E-state index contributed by atoms with van der Waals surface area (Å²) in [6.45, 7) is 3.47. The maximum atomic E-state index is 13.8. The van der Waals surface area contributed by atoms with Crippen molar-refractivity contribution in [2.45, 2.75) is 13.8 Å². The minimum absolute atomic E-state index is 0.0356. The third-order valence-electron chi connectivity index (χ3n) is 2.51. The van der Waals surface area contributed by atoms with E-state index in [-0.39, 0.29) is 22.0 Å². The Balaban J connectivity index is 2.77. The molecule has 0 aliphatic heterocycles. The SMILES string of the molecule is Cc1ccc(F)c(-c2nc(C)nc(Cl)c2C=O)c1. The van der Waals surface area contributed by atoms with Crippen LogP contribution in [0.25, 0.3) is 11.3 Å². The number of hydrogen-bond donors (Lipinski definition) is 0. The van der Waals surface area contributed by atoms with Gasteiger partial charge in [0.05, 0.1) is 11.3 Å². The number of aryl methyl sites for hydroxylation is 2. The van der Waals surface area contributed by atoms with Gasteiger partial charge in [0, 0.05) is 5.56 Å². The van der Waals surface area contributed by atoms with Crippen molar-refractivity contribution in [1.29, 1.82) is 0 Å². The quantitative estimate of drug-likeness (QED) is 0.617. The lowest BCUT2D eigenvalue weighted by Crippen LogP contribution is -2.01. The van der Waals surface area contributed by atoms with E-state index in [0.717, 1.165) is 5.56 Å². The number of carbonyl (C=O) groups excluding carboxylic acids is 1. The van der Waals surface area contributed by atoms with Gasteiger partial charge >= 0.3 is 0 Å². The first-order valence-corrected chi connectivity index (χ1v) is 5.66. The Labute approximate surface area is 109 Å². The molecule has 0 aliphatic rings. The van der Waals surface area contributed by atoms with Crippen molar-refractivity contribution < 1.29 is 9.18 Å². The Kier molecular flexibility index (Phi) is 3.39. The molecule has 0 bridgehead atoms. The number of hydrogen-bond acceptors (Lipinski definition) is 3. The van der Waals surface area contributed by atoms with E-state index >= 15 is 0 Å². The summed E-state index contributed by atoms with van der Waals surface area (Å²) in [5.41, 5.74) is 1.45. The van der Waals surface area contributed by atoms with Crippen LogP contribution in [0.5, 0.6) is 0 Å². The van der Waals surface area contributed by atoms with Crippen LogP contribution in [0.2, 0.25) is 5.15 Å². The van der Waals surface area contributed by atoms with E-state index in [2.05, 4.69) is 9.97 Å². The molecule has 0 saturated heterocycles. The van der Waals surface area contributed by atoms with E-state index in [9.17, 15) is 9.18 Å². The van der Waals surface area contributed by atoms with Gasteiger partial charge in [-0.05, 0) is 26.0 Å². The molecular formula is C13H10ClFN2O. The van der Waals surface area contributed by atoms with Crippen molar-refractivity contribution in [1.82, 2.24) is 9.97 Å². The fourth-order valence-electron chi connectivity index (χ4n) is 1.68. The van der Waals surface area contributed by atoms with E-state index in [0.29, 0.717) is 12.1 Å². The number of carbonyl (C=O) groups is 1. The lowest BCUT2D eigenvalue weighted by Gasteiger charge is -2.08. The Hall–Kier alpha value is -1.81. The molecule has 2 aromatic rings. The van der Waals surface area contributed by atoms with Crippen LogP contribution in [0.1, 0.15) is 21.7 Å². The second-order valence-electron chi connectivity index (χ2n) is 3.93. The number of benzene rings is 1. The molecule has 3 nitrogen and oxygen atoms in total. The zero-order chi connectivity index (χ0) is 13.3. The standard InChI is InChI=1S/C13H10ClFN2O/c1-7-3-4-11(15)9(5-7)12-10(6-18)13(14)17-8(2)16-12/h3-6H,1-2H3. The minimum Gasteiger partial charge on any atom is -0.298 e. The molecule has 0 atom stereocenters. The van der Waals surface area contributed by atoms with Gasteiger partial charge in [-0.2, -0.15) is 0 Å². The van der Waals surface area contributed by atoms with Crippen LogP contribution in [0, 0.1) is 19.7 Å². The van der Waals surface area contributed by atoms with E-state index in [1.807, 2.05) is 6.92 Å². The van der Waals surface area contributed by atoms with Crippen LogP contribution < -0.4 is 0 Å². The molecule has 0 amide bonds. The van der Waals surface area contributed by atoms with Crippen molar-refractivity contribution in [2.75, 3.05) is 0 Å². The summed E-state index contributed by atoms with van der Waals surface area (Å²) in [7, 11) is 0. The molecule has 5 heteroatoms. The van der Waals surface area contributed by atoms with Gasteiger partial charge in [-0.1, -0.05) is 23.2 Å². The van der Waals surface area contributed by atoms with Gasteiger partial charge in [0.2, 0.25) is 0 Å². The summed E-state index contributed by atoms with van der Waals surface area (Å²) in [4.78, 5) is 19.0. The average molecular weight is 265 g/mol. The van der Waals surface area contributed by atoms with Crippen molar-refractivity contribution in [3.63, 3.8) is 0 Å². The normalized spacial score (nSPS) is 10.4. The highest BCUT2D eigenvalue weighted by molar-refractivity contribution is 6.32. The molecule has 0 saturated carbocycles. The Morgan fingerprint density at radius 3 is 2.67 bits per heavy atom. The molecule has 92 valence electrons. The van der Waals surface area contributed by atoms with Crippen LogP contribution in [0.4, 0.5) is 4.39 Å². The van der Waals surface area contributed by atoms with Crippen LogP contribution in [-0.2, 0) is 0 Å². The summed E-state index contributed by atoms with van der Waals surface area (Å²) in [6.07, 6.45) is 0.541. The Bertz CT molecular complexity index is 629. The number of halogens is 2. The number of aromatic nitrogens is 2. The highest BCUT2D eigenvalue weighted by Crippen LogP contribution is 2.28. The zero-order valence-corrected chi connectivity index (χ0v) is 10.6. The summed E-state index contributed by atoms with van der Waals surface area (Å²) in [5.74, 6) is -0.0561. The first-order valence-electron chi connectivity index (χ1n) is 5.28. The minimum atomic E-state index is -0.446. The highest BCUT2D eigenvalue weighted by atomic mass is 35.5. The maximum Gasteiger partial charge on any atom is 0.155 e. The average Bonchev–Trinajstić information content (AvgIpc) is 2.31. The molecule has 1 heterocycles. The topological polar surface area (TPSA) is 42.9 Å². The second kappa shape index (κ2) is 4.82. The second-order valence-corrected chi connectivity index (χ2v) is 4.28. The smallest absolute Gasteiger partial charge is 0.155 e. The lowest BCUT2D eigenvalue weighted by molar-refractivity contribution is 0.112. The highest BCUT2D eigenvalue weighted by Gasteiger charge is 2.16. The van der Waals surface area contributed by atoms with Gasteiger partial charge < -0.3 is 0 Å². The van der Waals surface area contributed by atoms with Gasteiger partial charge in [-0.25, -0.2) is 14.4 Å². The first-order chi connectivity index (χ1) is 8.52. The van der Waals surface area contributed by atoms with Gasteiger partial charge in [-0.15, -0.1) is 0 Å². The fraction of sp³-hybridized carbons (Fsp3) is 0.154. The number of aldehydes is 1. The third-order valence-corrected chi connectivity index (χ3v) is 2.79. The predicted molar refractivity (Wildman–Crippen MR) is 67.3 cm³/mol. The van der Waals surface area contributed by atoms with Crippen LogP contribution in [-0.4, -0.2) is 16.3 Å². The zero-order valence-electron chi connectivity index (χ0n) is 9.87. The van der Waals surface area contributed by atoms with E-state index < -0.39 is 5.82 Å². The molecule has 0 spiro atoms. The summed E-state index contributed by atoms with van der Waals surface area (Å²) in [6, 6.07) is 4.61. The lowest BCUT2D eigenvalue weighted by atomic mass is 10.0. The molecule has 18 heavy (non-hydrogen) atoms. The van der Waals surface area contributed by atoms with E-state index in [4.69, 9.17) is 11.6 Å². The third kappa shape index (κ3) is 2.24. The molecule has 0 aliphatic carbocycles. The molecule has 0 fully saturated rings. The van der Waals surface area contributed by atoms with E-state index in [1.54, 1.807) is 19.1 Å². The van der Waals surface area contributed by atoms with Crippen molar-refractivity contribution in [2.24, 2.45) is 0 Å². The molecule has 1 aromatic carbocycles.